The lowest BCUT2D eigenvalue weighted by molar-refractivity contribution is -0.122. The molecule has 9 heteroatoms. The first-order chi connectivity index (χ1) is 17.8. The van der Waals surface area contributed by atoms with Gasteiger partial charge in [-0.1, -0.05) is 41.4 Å². The first kappa shape index (κ1) is 24.8. The van der Waals surface area contributed by atoms with Crippen LogP contribution >= 0.6 is 11.6 Å². The van der Waals surface area contributed by atoms with E-state index in [1.54, 1.807) is 48.8 Å². The van der Waals surface area contributed by atoms with Crippen molar-refractivity contribution in [2.24, 2.45) is 0 Å². The average molecular weight is 534 g/mol. The minimum Gasteiger partial charge on any atom is -0.476 e. The minimum absolute atomic E-state index is 0.120. The number of hydrogen-bond acceptors (Lipinski definition) is 5. The fourth-order valence-corrected chi connectivity index (χ4v) is 5.73. The normalized spacial score (nSPS) is 15.0. The Kier molecular flexibility index (Phi) is 6.86. The third kappa shape index (κ3) is 5.45. The number of aryl methyl sites for hydroxylation is 1. The molecular formula is C28H24ClN3O4S. The SMILES string of the molecule is Cc1ccc(S(=O)(=O)N2CC(C(=O)Nc3ccc(Cc4ccncc4)cc3)Oc3ccc(Cl)cc32)cc1. The molecule has 2 heterocycles. The number of amides is 1. The van der Waals surface area contributed by atoms with E-state index < -0.39 is 22.0 Å². The molecule has 7 nitrogen and oxygen atoms in total. The van der Waals surface area contributed by atoms with Crippen LogP contribution < -0.4 is 14.4 Å². The topological polar surface area (TPSA) is 88.6 Å². The van der Waals surface area contributed by atoms with E-state index in [2.05, 4.69) is 10.3 Å². The van der Waals surface area contributed by atoms with E-state index in [1.807, 2.05) is 43.3 Å². The van der Waals surface area contributed by atoms with Gasteiger partial charge in [-0.3, -0.25) is 14.1 Å². The number of ether oxygens (including phenoxy) is 1. The van der Waals surface area contributed by atoms with Gasteiger partial charge < -0.3 is 10.1 Å². The van der Waals surface area contributed by atoms with Gasteiger partial charge in [0.1, 0.15) is 5.75 Å². The smallest absolute Gasteiger partial charge is 0.267 e. The first-order valence-corrected chi connectivity index (χ1v) is 13.5. The van der Waals surface area contributed by atoms with Crippen LogP contribution in [0.25, 0.3) is 0 Å². The summed E-state index contributed by atoms with van der Waals surface area (Å²) in [6.45, 7) is 1.68. The molecule has 0 saturated heterocycles. The molecule has 5 rings (SSSR count). The largest absolute Gasteiger partial charge is 0.476 e. The number of halogens is 1. The fourth-order valence-electron chi connectivity index (χ4n) is 4.09. The van der Waals surface area contributed by atoms with E-state index in [0.29, 0.717) is 10.7 Å². The van der Waals surface area contributed by atoms with E-state index in [4.69, 9.17) is 16.3 Å². The number of aromatic nitrogens is 1. The lowest BCUT2D eigenvalue weighted by Crippen LogP contribution is -2.48. The molecule has 1 amide bonds. The van der Waals surface area contributed by atoms with Crippen LogP contribution in [0.2, 0.25) is 5.02 Å². The number of fused-ring (bicyclic) bond motifs is 1. The summed E-state index contributed by atoms with van der Waals surface area (Å²) in [6, 6.07) is 22.7. The Hall–Kier alpha value is -3.88. The predicted octanol–water partition coefficient (Wildman–Crippen LogP) is 5.23. The highest BCUT2D eigenvalue weighted by Crippen LogP contribution is 2.39. The minimum atomic E-state index is -3.97. The van der Waals surface area contributed by atoms with Crippen LogP contribution in [0.1, 0.15) is 16.7 Å². The van der Waals surface area contributed by atoms with Crippen molar-refractivity contribution in [2.45, 2.75) is 24.3 Å². The van der Waals surface area contributed by atoms with Crippen molar-refractivity contribution in [3.8, 4) is 5.75 Å². The summed E-state index contributed by atoms with van der Waals surface area (Å²) in [5.74, 6) is -0.189. The Labute approximate surface area is 220 Å². The number of sulfonamides is 1. The van der Waals surface area contributed by atoms with E-state index in [0.717, 1.165) is 23.1 Å². The molecule has 1 unspecified atom stereocenters. The Bertz CT molecular complexity index is 1530. The quantitative estimate of drug-likeness (QED) is 0.366. The number of carbonyl (C=O) groups is 1. The van der Waals surface area contributed by atoms with Crippen molar-refractivity contribution < 1.29 is 17.9 Å². The fraction of sp³-hybridized carbons (Fsp3) is 0.143. The lowest BCUT2D eigenvalue weighted by Gasteiger charge is -2.35. The molecule has 4 aromatic rings. The van der Waals surface area contributed by atoms with Crippen molar-refractivity contribution >= 4 is 38.9 Å². The second kappa shape index (κ2) is 10.2. The zero-order chi connectivity index (χ0) is 26.0. The molecule has 1 aliphatic rings. The number of anilines is 2. The number of carbonyl (C=O) groups excluding carboxylic acids is 1. The highest BCUT2D eigenvalue weighted by atomic mass is 35.5. The second-order valence-corrected chi connectivity index (χ2v) is 11.1. The molecule has 0 fully saturated rings. The summed E-state index contributed by atoms with van der Waals surface area (Å²) in [7, 11) is -3.97. The Balaban J connectivity index is 1.36. The molecule has 1 aliphatic heterocycles. The van der Waals surface area contributed by atoms with Gasteiger partial charge in [-0.25, -0.2) is 8.42 Å². The Morgan fingerprint density at radius 1 is 1.00 bits per heavy atom. The van der Waals surface area contributed by atoms with Gasteiger partial charge in [0.25, 0.3) is 15.9 Å². The van der Waals surface area contributed by atoms with Gasteiger partial charge in [0.15, 0.2) is 6.10 Å². The average Bonchev–Trinajstić information content (AvgIpc) is 2.90. The van der Waals surface area contributed by atoms with Crippen LogP contribution in [-0.4, -0.2) is 32.0 Å². The Morgan fingerprint density at radius 3 is 2.38 bits per heavy atom. The zero-order valence-electron chi connectivity index (χ0n) is 20.0. The van der Waals surface area contributed by atoms with Crippen LogP contribution in [-0.2, 0) is 21.2 Å². The van der Waals surface area contributed by atoms with Crippen molar-refractivity contribution in [3.63, 3.8) is 0 Å². The highest BCUT2D eigenvalue weighted by molar-refractivity contribution is 7.92. The van der Waals surface area contributed by atoms with E-state index in [-0.39, 0.29) is 22.9 Å². The maximum atomic E-state index is 13.6. The first-order valence-electron chi connectivity index (χ1n) is 11.6. The zero-order valence-corrected chi connectivity index (χ0v) is 21.5. The van der Waals surface area contributed by atoms with Crippen molar-refractivity contribution in [2.75, 3.05) is 16.2 Å². The summed E-state index contributed by atoms with van der Waals surface area (Å²) in [5, 5.41) is 3.20. The third-order valence-corrected chi connectivity index (χ3v) is 8.10. The number of rotatable bonds is 6. The Morgan fingerprint density at radius 2 is 1.68 bits per heavy atom. The van der Waals surface area contributed by atoms with Gasteiger partial charge in [-0.05, 0) is 79.1 Å². The summed E-state index contributed by atoms with van der Waals surface area (Å²) < 4.78 is 34.3. The molecule has 1 N–H and O–H groups in total. The van der Waals surface area contributed by atoms with Crippen molar-refractivity contribution in [3.05, 3.63) is 113 Å². The van der Waals surface area contributed by atoms with Gasteiger partial charge in [0.05, 0.1) is 17.1 Å². The van der Waals surface area contributed by atoms with Crippen LogP contribution in [0, 0.1) is 6.92 Å². The molecule has 188 valence electrons. The summed E-state index contributed by atoms with van der Waals surface area (Å²) in [4.78, 5) is 17.3. The molecule has 0 radical (unpaired) electrons. The number of pyridine rings is 1. The van der Waals surface area contributed by atoms with Crippen molar-refractivity contribution in [1.82, 2.24) is 4.98 Å². The number of nitrogens with zero attached hydrogens (tertiary/aromatic N) is 2. The van der Waals surface area contributed by atoms with Gasteiger partial charge in [0, 0.05) is 23.1 Å². The molecule has 0 bridgehead atoms. The van der Waals surface area contributed by atoms with Gasteiger partial charge in [-0.15, -0.1) is 0 Å². The van der Waals surface area contributed by atoms with E-state index in [9.17, 15) is 13.2 Å². The summed E-state index contributed by atoms with van der Waals surface area (Å²) in [6.07, 6.45) is 3.18. The molecule has 0 aliphatic carbocycles. The summed E-state index contributed by atoms with van der Waals surface area (Å²) >= 11 is 6.17. The molecule has 1 atom stereocenters. The molecule has 0 saturated carbocycles. The molecule has 3 aromatic carbocycles. The number of hydrogen-bond donors (Lipinski definition) is 1. The van der Waals surface area contributed by atoms with Gasteiger partial charge in [-0.2, -0.15) is 0 Å². The number of nitrogens with one attached hydrogen (secondary N) is 1. The van der Waals surface area contributed by atoms with Gasteiger partial charge >= 0.3 is 0 Å². The third-order valence-electron chi connectivity index (χ3n) is 6.07. The maximum Gasteiger partial charge on any atom is 0.267 e. The van der Waals surface area contributed by atoms with Gasteiger partial charge in [0.2, 0.25) is 0 Å². The van der Waals surface area contributed by atoms with Crippen molar-refractivity contribution in [1.29, 1.82) is 0 Å². The standard InChI is InChI=1S/C28H24ClN3O4S/c1-19-2-9-24(10-3-19)37(34,35)32-18-27(36-26-11-6-22(29)17-25(26)32)28(33)31-23-7-4-20(5-8-23)16-21-12-14-30-15-13-21/h2-15,17,27H,16,18H2,1H3,(H,31,33). The number of benzene rings is 3. The predicted molar refractivity (Wildman–Crippen MR) is 144 cm³/mol. The van der Waals surface area contributed by atoms with Crippen LogP contribution in [0.3, 0.4) is 0 Å². The molecule has 37 heavy (non-hydrogen) atoms. The second-order valence-electron chi connectivity index (χ2n) is 8.79. The molecular weight excluding hydrogens is 510 g/mol. The van der Waals surface area contributed by atoms with Crippen LogP contribution in [0.5, 0.6) is 5.75 Å². The summed E-state index contributed by atoms with van der Waals surface area (Å²) in [5.41, 5.74) is 4.03. The maximum absolute atomic E-state index is 13.6. The lowest BCUT2D eigenvalue weighted by atomic mass is 10.1. The monoisotopic (exact) mass is 533 g/mol. The van der Waals surface area contributed by atoms with Crippen LogP contribution in [0.15, 0.2) is 96.2 Å². The van der Waals surface area contributed by atoms with Crippen LogP contribution in [0.4, 0.5) is 11.4 Å². The van der Waals surface area contributed by atoms with E-state index >= 15 is 0 Å². The highest BCUT2D eigenvalue weighted by Gasteiger charge is 2.37. The molecule has 1 aromatic heterocycles. The molecule has 0 spiro atoms. The van der Waals surface area contributed by atoms with E-state index in [1.165, 1.54) is 10.4 Å².